The molecule has 0 fully saturated rings. The van der Waals surface area contributed by atoms with Gasteiger partial charge in [-0.15, -0.1) is 0 Å². The van der Waals surface area contributed by atoms with Crippen LogP contribution in [-0.4, -0.2) is 26.0 Å². The Balaban J connectivity index is 1.87. The van der Waals surface area contributed by atoms with Crippen molar-refractivity contribution in [2.24, 2.45) is 0 Å². The van der Waals surface area contributed by atoms with Gasteiger partial charge in [0.1, 0.15) is 28.8 Å². The molecule has 4 rings (SSSR count). The van der Waals surface area contributed by atoms with E-state index in [9.17, 15) is 18.4 Å². The van der Waals surface area contributed by atoms with Gasteiger partial charge < -0.3 is 14.8 Å². The van der Waals surface area contributed by atoms with Crippen LogP contribution in [0, 0.1) is 25.5 Å². The first kappa shape index (κ1) is 23.0. The van der Waals surface area contributed by atoms with E-state index in [4.69, 9.17) is 9.47 Å². The third-order valence-corrected chi connectivity index (χ3v) is 5.70. The van der Waals surface area contributed by atoms with Crippen molar-refractivity contribution in [3.05, 3.63) is 88.6 Å². The van der Waals surface area contributed by atoms with E-state index in [1.165, 1.54) is 14.2 Å². The van der Waals surface area contributed by atoms with Crippen molar-refractivity contribution < 1.29 is 27.8 Å². The molecular weight excluding hydrogens is 442 g/mol. The van der Waals surface area contributed by atoms with Crippen LogP contribution in [0.25, 0.3) is 5.57 Å². The van der Waals surface area contributed by atoms with Crippen LogP contribution in [0.15, 0.2) is 60.3 Å². The SMILES string of the molecule is COc1ccc(NC2=C(c3ccc(C)c(C)c3)C(=O)N(c3ccc(F)cc3F)C2=O)c(OC)c1. The van der Waals surface area contributed by atoms with E-state index in [0.717, 1.165) is 23.3 Å². The minimum Gasteiger partial charge on any atom is -0.497 e. The Morgan fingerprint density at radius 1 is 0.824 bits per heavy atom. The molecule has 6 nitrogen and oxygen atoms in total. The van der Waals surface area contributed by atoms with Gasteiger partial charge in [0.05, 0.1) is 31.2 Å². The van der Waals surface area contributed by atoms with Gasteiger partial charge >= 0.3 is 0 Å². The molecule has 1 N–H and O–H groups in total. The first-order chi connectivity index (χ1) is 16.2. The van der Waals surface area contributed by atoms with Gasteiger partial charge in [-0.1, -0.05) is 18.2 Å². The quantitative estimate of drug-likeness (QED) is 0.521. The predicted octanol–water partition coefficient (Wildman–Crippen LogP) is 5.00. The highest BCUT2D eigenvalue weighted by atomic mass is 19.1. The highest BCUT2D eigenvalue weighted by Gasteiger charge is 2.41. The average Bonchev–Trinajstić information content (AvgIpc) is 3.05. The molecule has 34 heavy (non-hydrogen) atoms. The number of rotatable bonds is 6. The van der Waals surface area contributed by atoms with E-state index in [1.54, 1.807) is 30.3 Å². The Bertz CT molecular complexity index is 1350. The summed E-state index contributed by atoms with van der Waals surface area (Å²) in [4.78, 5) is 27.7. The van der Waals surface area contributed by atoms with Gasteiger partial charge in [0.25, 0.3) is 11.8 Å². The standard InChI is InChI=1S/C26H22F2N2O4/c1-14-5-6-16(11-15(14)2)23-24(29-20-9-8-18(33-3)13-22(20)34-4)26(32)30(25(23)31)21-10-7-17(27)12-19(21)28/h5-13,29H,1-4H3. The maximum Gasteiger partial charge on any atom is 0.282 e. The summed E-state index contributed by atoms with van der Waals surface area (Å²) in [7, 11) is 2.97. The summed E-state index contributed by atoms with van der Waals surface area (Å²) in [5, 5.41) is 3.00. The number of hydrogen-bond acceptors (Lipinski definition) is 5. The van der Waals surface area contributed by atoms with E-state index in [1.807, 2.05) is 19.9 Å². The molecule has 0 atom stereocenters. The van der Waals surface area contributed by atoms with Crippen LogP contribution >= 0.6 is 0 Å². The Labute approximate surface area is 195 Å². The van der Waals surface area contributed by atoms with Gasteiger partial charge in [-0.2, -0.15) is 0 Å². The molecule has 0 aromatic heterocycles. The Kier molecular flexibility index (Phi) is 6.06. The fourth-order valence-corrected chi connectivity index (χ4v) is 3.73. The molecule has 0 spiro atoms. The lowest BCUT2D eigenvalue weighted by molar-refractivity contribution is -0.120. The molecule has 1 heterocycles. The second-order valence-corrected chi connectivity index (χ2v) is 7.78. The van der Waals surface area contributed by atoms with Gasteiger partial charge in [0.15, 0.2) is 0 Å². The van der Waals surface area contributed by atoms with Gasteiger partial charge in [-0.25, -0.2) is 13.7 Å². The zero-order valence-corrected chi connectivity index (χ0v) is 19.0. The van der Waals surface area contributed by atoms with Crippen LogP contribution in [0.2, 0.25) is 0 Å². The van der Waals surface area contributed by atoms with E-state index in [0.29, 0.717) is 33.7 Å². The van der Waals surface area contributed by atoms with Crippen molar-refractivity contribution in [1.82, 2.24) is 0 Å². The second kappa shape index (κ2) is 8.97. The number of aryl methyl sites for hydroxylation is 2. The molecule has 0 saturated heterocycles. The molecule has 2 amide bonds. The number of carbonyl (C=O) groups is 2. The average molecular weight is 464 g/mol. The van der Waals surface area contributed by atoms with Crippen molar-refractivity contribution in [2.45, 2.75) is 13.8 Å². The number of halogens is 2. The number of anilines is 2. The topological polar surface area (TPSA) is 67.9 Å². The highest BCUT2D eigenvalue weighted by molar-refractivity contribution is 6.46. The predicted molar refractivity (Wildman–Crippen MR) is 125 cm³/mol. The minimum absolute atomic E-state index is 0.0551. The number of nitrogens with one attached hydrogen (secondary N) is 1. The molecule has 0 bridgehead atoms. The van der Waals surface area contributed by atoms with Crippen LogP contribution in [0.4, 0.5) is 20.2 Å². The third-order valence-electron chi connectivity index (χ3n) is 5.70. The third kappa shape index (κ3) is 3.98. The van der Waals surface area contributed by atoms with Gasteiger partial charge in [0.2, 0.25) is 0 Å². The highest BCUT2D eigenvalue weighted by Crippen LogP contribution is 2.38. The molecule has 0 unspecified atom stereocenters. The molecule has 0 saturated carbocycles. The summed E-state index contributed by atoms with van der Waals surface area (Å²) in [5.74, 6) is -2.43. The molecule has 3 aromatic rings. The number of hydrogen-bond donors (Lipinski definition) is 1. The lowest BCUT2D eigenvalue weighted by Gasteiger charge is -2.17. The summed E-state index contributed by atoms with van der Waals surface area (Å²) in [5.41, 5.74) is 2.49. The molecule has 3 aromatic carbocycles. The number of methoxy groups -OCH3 is 2. The Morgan fingerprint density at radius 2 is 1.59 bits per heavy atom. The van der Waals surface area contributed by atoms with E-state index in [2.05, 4.69) is 5.32 Å². The van der Waals surface area contributed by atoms with Crippen molar-refractivity contribution in [1.29, 1.82) is 0 Å². The summed E-state index contributed by atoms with van der Waals surface area (Å²) >= 11 is 0. The van der Waals surface area contributed by atoms with Crippen molar-refractivity contribution in [2.75, 3.05) is 24.4 Å². The molecule has 0 radical (unpaired) electrons. The first-order valence-electron chi connectivity index (χ1n) is 10.4. The summed E-state index contributed by atoms with van der Waals surface area (Å²) in [6.07, 6.45) is 0. The van der Waals surface area contributed by atoms with Crippen molar-refractivity contribution in [3.63, 3.8) is 0 Å². The normalized spacial score (nSPS) is 13.5. The first-order valence-corrected chi connectivity index (χ1v) is 10.4. The lowest BCUT2D eigenvalue weighted by Crippen LogP contribution is -2.33. The zero-order chi connectivity index (χ0) is 24.6. The van der Waals surface area contributed by atoms with Crippen LogP contribution in [0.1, 0.15) is 16.7 Å². The number of ether oxygens (including phenoxy) is 2. The number of carbonyl (C=O) groups excluding carboxylic acids is 2. The fraction of sp³-hybridized carbons (Fsp3) is 0.154. The summed E-state index contributed by atoms with van der Waals surface area (Å²) in [6, 6.07) is 13.0. The number of amides is 2. The van der Waals surface area contributed by atoms with Crippen LogP contribution in [0.5, 0.6) is 11.5 Å². The molecule has 1 aliphatic rings. The van der Waals surface area contributed by atoms with Crippen LogP contribution in [-0.2, 0) is 9.59 Å². The van der Waals surface area contributed by atoms with Crippen molar-refractivity contribution in [3.8, 4) is 11.5 Å². The smallest absolute Gasteiger partial charge is 0.282 e. The largest absolute Gasteiger partial charge is 0.497 e. The fourth-order valence-electron chi connectivity index (χ4n) is 3.73. The Hall–Kier alpha value is -4.20. The number of imide groups is 1. The minimum atomic E-state index is -1.02. The van der Waals surface area contributed by atoms with Crippen LogP contribution < -0.4 is 19.7 Å². The lowest BCUT2D eigenvalue weighted by atomic mass is 9.99. The van der Waals surface area contributed by atoms with E-state index >= 15 is 0 Å². The second-order valence-electron chi connectivity index (χ2n) is 7.78. The van der Waals surface area contributed by atoms with Gasteiger partial charge in [-0.3, -0.25) is 9.59 Å². The molecule has 174 valence electrons. The Morgan fingerprint density at radius 3 is 2.24 bits per heavy atom. The van der Waals surface area contributed by atoms with E-state index < -0.39 is 23.4 Å². The molecule has 8 heteroatoms. The zero-order valence-electron chi connectivity index (χ0n) is 19.0. The maximum absolute atomic E-state index is 14.6. The van der Waals surface area contributed by atoms with Gasteiger partial charge in [-0.05, 0) is 54.8 Å². The summed E-state index contributed by atoms with van der Waals surface area (Å²) in [6.45, 7) is 3.81. The van der Waals surface area contributed by atoms with Gasteiger partial charge in [0, 0.05) is 12.1 Å². The molecular formula is C26H22F2N2O4. The monoisotopic (exact) mass is 464 g/mol. The number of nitrogens with zero attached hydrogens (tertiary/aromatic N) is 1. The molecule has 0 aliphatic carbocycles. The maximum atomic E-state index is 14.6. The molecule has 1 aliphatic heterocycles. The van der Waals surface area contributed by atoms with Crippen LogP contribution in [0.3, 0.4) is 0 Å². The summed E-state index contributed by atoms with van der Waals surface area (Å²) < 4.78 is 38.7. The number of benzene rings is 3. The van der Waals surface area contributed by atoms with Crippen molar-refractivity contribution >= 4 is 28.8 Å². The van der Waals surface area contributed by atoms with E-state index in [-0.39, 0.29) is 17.0 Å².